The van der Waals surface area contributed by atoms with Crippen molar-refractivity contribution in [3.05, 3.63) is 0 Å². The van der Waals surface area contributed by atoms with Gasteiger partial charge in [0.25, 0.3) is 0 Å². The van der Waals surface area contributed by atoms with E-state index in [1.165, 1.54) is 25.7 Å². The third-order valence-corrected chi connectivity index (χ3v) is 4.30. The summed E-state index contributed by atoms with van der Waals surface area (Å²) < 4.78 is 0. The first-order valence-electron chi connectivity index (χ1n) is 8.09. The SMILES string of the molecule is CC(C)CC1(CNC(=O)NC(C)CCC(=O)O)CCCC1. The van der Waals surface area contributed by atoms with Crippen LogP contribution in [0.5, 0.6) is 0 Å². The number of carboxylic acid groups (broad SMARTS) is 1. The number of carbonyl (C=O) groups excluding carboxylic acids is 1. The van der Waals surface area contributed by atoms with Gasteiger partial charge in [0.1, 0.15) is 0 Å². The lowest BCUT2D eigenvalue weighted by Crippen LogP contribution is -2.45. The number of carbonyl (C=O) groups is 2. The largest absolute Gasteiger partial charge is 0.481 e. The molecule has 0 spiro atoms. The van der Waals surface area contributed by atoms with Gasteiger partial charge in [0.15, 0.2) is 0 Å². The summed E-state index contributed by atoms with van der Waals surface area (Å²) in [6.45, 7) is 7.02. The van der Waals surface area contributed by atoms with Crippen LogP contribution in [0, 0.1) is 11.3 Å². The van der Waals surface area contributed by atoms with Gasteiger partial charge in [-0.2, -0.15) is 0 Å². The second-order valence-corrected chi connectivity index (χ2v) is 6.97. The van der Waals surface area contributed by atoms with Gasteiger partial charge in [0.05, 0.1) is 0 Å². The summed E-state index contributed by atoms with van der Waals surface area (Å²) in [6.07, 6.45) is 6.59. The Balaban J connectivity index is 2.34. The van der Waals surface area contributed by atoms with Crippen molar-refractivity contribution in [2.45, 2.75) is 71.8 Å². The van der Waals surface area contributed by atoms with E-state index in [1.807, 2.05) is 6.92 Å². The fraction of sp³-hybridized carbons (Fsp3) is 0.875. The highest BCUT2D eigenvalue weighted by Crippen LogP contribution is 2.42. The molecule has 21 heavy (non-hydrogen) atoms. The summed E-state index contributed by atoms with van der Waals surface area (Å²) in [5.41, 5.74) is 0.260. The number of rotatable bonds is 8. The van der Waals surface area contributed by atoms with E-state index in [4.69, 9.17) is 5.11 Å². The highest BCUT2D eigenvalue weighted by Gasteiger charge is 2.34. The molecule has 5 heteroatoms. The summed E-state index contributed by atoms with van der Waals surface area (Å²) in [5, 5.41) is 14.4. The van der Waals surface area contributed by atoms with Crippen LogP contribution in [-0.2, 0) is 4.79 Å². The molecule has 1 atom stereocenters. The third kappa shape index (κ3) is 6.82. The zero-order chi connectivity index (χ0) is 15.9. The molecule has 0 aromatic rings. The molecule has 122 valence electrons. The van der Waals surface area contributed by atoms with Crippen LogP contribution < -0.4 is 10.6 Å². The molecular weight excluding hydrogens is 268 g/mol. The van der Waals surface area contributed by atoms with Crippen LogP contribution in [0.1, 0.15) is 65.7 Å². The fourth-order valence-electron chi connectivity index (χ4n) is 3.40. The van der Waals surface area contributed by atoms with Crippen molar-refractivity contribution >= 4 is 12.0 Å². The van der Waals surface area contributed by atoms with Gasteiger partial charge in [0, 0.05) is 19.0 Å². The molecule has 1 fully saturated rings. The van der Waals surface area contributed by atoms with Crippen molar-refractivity contribution < 1.29 is 14.7 Å². The molecule has 3 N–H and O–H groups in total. The predicted molar refractivity (Wildman–Crippen MR) is 83.2 cm³/mol. The number of hydrogen-bond donors (Lipinski definition) is 3. The van der Waals surface area contributed by atoms with E-state index >= 15 is 0 Å². The maximum atomic E-state index is 11.9. The second-order valence-electron chi connectivity index (χ2n) is 6.97. The van der Waals surface area contributed by atoms with Crippen molar-refractivity contribution in [2.75, 3.05) is 6.54 Å². The fourth-order valence-corrected chi connectivity index (χ4v) is 3.40. The van der Waals surface area contributed by atoms with Crippen molar-refractivity contribution in [1.29, 1.82) is 0 Å². The Morgan fingerprint density at radius 3 is 2.33 bits per heavy atom. The first kappa shape index (κ1) is 17.8. The van der Waals surface area contributed by atoms with Gasteiger partial charge < -0.3 is 15.7 Å². The lowest BCUT2D eigenvalue weighted by Gasteiger charge is -2.31. The Hall–Kier alpha value is -1.26. The van der Waals surface area contributed by atoms with Crippen molar-refractivity contribution in [3.63, 3.8) is 0 Å². The Labute approximate surface area is 127 Å². The van der Waals surface area contributed by atoms with E-state index in [9.17, 15) is 9.59 Å². The topological polar surface area (TPSA) is 78.4 Å². The van der Waals surface area contributed by atoms with E-state index < -0.39 is 5.97 Å². The van der Waals surface area contributed by atoms with Crippen LogP contribution >= 0.6 is 0 Å². The van der Waals surface area contributed by atoms with Crippen molar-refractivity contribution in [2.24, 2.45) is 11.3 Å². The van der Waals surface area contributed by atoms with Gasteiger partial charge in [-0.1, -0.05) is 26.7 Å². The molecule has 5 nitrogen and oxygen atoms in total. The molecule has 0 heterocycles. The maximum Gasteiger partial charge on any atom is 0.315 e. The smallest absolute Gasteiger partial charge is 0.315 e. The van der Waals surface area contributed by atoms with Gasteiger partial charge in [-0.15, -0.1) is 0 Å². The van der Waals surface area contributed by atoms with E-state index in [-0.39, 0.29) is 23.9 Å². The normalized spacial score (nSPS) is 18.5. The molecule has 2 amide bonds. The Morgan fingerprint density at radius 1 is 1.19 bits per heavy atom. The molecule has 0 radical (unpaired) electrons. The van der Waals surface area contributed by atoms with E-state index in [2.05, 4.69) is 24.5 Å². The lowest BCUT2D eigenvalue weighted by molar-refractivity contribution is -0.137. The van der Waals surface area contributed by atoms with Crippen LogP contribution in [0.15, 0.2) is 0 Å². The summed E-state index contributed by atoms with van der Waals surface area (Å²) in [4.78, 5) is 22.4. The van der Waals surface area contributed by atoms with Crippen molar-refractivity contribution in [1.82, 2.24) is 10.6 Å². The van der Waals surface area contributed by atoms with Gasteiger partial charge >= 0.3 is 12.0 Å². The molecule has 0 aromatic carbocycles. The zero-order valence-corrected chi connectivity index (χ0v) is 13.6. The average Bonchev–Trinajstić information content (AvgIpc) is 2.82. The number of amides is 2. The predicted octanol–water partition coefficient (Wildman–Crippen LogP) is 3.15. The standard InChI is InChI=1S/C16H30N2O3/c1-12(2)10-16(8-4-5-9-16)11-17-15(21)18-13(3)6-7-14(19)20/h12-13H,4-11H2,1-3H3,(H,19,20)(H2,17,18,21). The zero-order valence-electron chi connectivity index (χ0n) is 13.6. The van der Waals surface area contributed by atoms with Crippen LogP contribution in [-0.4, -0.2) is 29.7 Å². The first-order chi connectivity index (χ1) is 9.83. The van der Waals surface area contributed by atoms with E-state index in [0.29, 0.717) is 12.3 Å². The van der Waals surface area contributed by atoms with Crippen LogP contribution in [0.25, 0.3) is 0 Å². The van der Waals surface area contributed by atoms with Crippen LogP contribution in [0.2, 0.25) is 0 Å². The summed E-state index contributed by atoms with van der Waals surface area (Å²) in [7, 11) is 0. The molecule has 0 aliphatic heterocycles. The average molecular weight is 298 g/mol. The number of hydrogen-bond acceptors (Lipinski definition) is 2. The Morgan fingerprint density at radius 2 is 1.81 bits per heavy atom. The highest BCUT2D eigenvalue weighted by molar-refractivity contribution is 5.74. The summed E-state index contributed by atoms with van der Waals surface area (Å²) in [5.74, 6) is -0.187. The molecule has 1 aliphatic carbocycles. The van der Waals surface area contributed by atoms with Crippen molar-refractivity contribution in [3.8, 4) is 0 Å². The molecule has 0 aromatic heterocycles. The number of urea groups is 1. The van der Waals surface area contributed by atoms with E-state index in [0.717, 1.165) is 13.0 Å². The number of aliphatic carboxylic acids is 1. The van der Waals surface area contributed by atoms with Gasteiger partial charge in [0.2, 0.25) is 0 Å². The Bertz CT molecular complexity index is 349. The minimum absolute atomic E-state index is 0.0821. The van der Waals surface area contributed by atoms with Crippen LogP contribution in [0.3, 0.4) is 0 Å². The minimum Gasteiger partial charge on any atom is -0.481 e. The minimum atomic E-state index is -0.828. The number of nitrogens with one attached hydrogen (secondary N) is 2. The molecular formula is C16H30N2O3. The van der Waals surface area contributed by atoms with E-state index in [1.54, 1.807) is 0 Å². The molecule has 1 rings (SSSR count). The van der Waals surface area contributed by atoms with Gasteiger partial charge in [-0.3, -0.25) is 4.79 Å². The second kappa shape index (κ2) is 8.25. The molecule has 0 saturated heterocycles. The summed E-state index contributed by atoms with van der Waals surface area (Å²) >= 11 is 0. The summed E-state index contributed by atoms with van der Waals surface area (Å²) in [6, 6.07) is -0.298. The third-order valence-electron chi connectivity index (χ3n) is 4.30. The lowest BCUT2D eigenvalue weighted by atomic mass is 9.78. The Kier molecular flexibility index (Phi) is 6.99. The first-order valence-corrected chi connectivity index (χ1v) is 8.09. The molecule has 1 unspecified atom stereocenters. The van der Waals surface area contributed by atoms with Gasteiger partial charge in [-0.25, -0.2) is 4.79 Å². The quantitative estimate of drug-likeness (QED) is 0.644. The highest BCUT2D eigenvalue weighted by atomic mass is 16.4. The molecule has 0 bridgehead atoms. The van der Waals surface area contributed by atoms with Gasteiger partial charge in [-0.05, 0) is 43.9 Å². The molecule has 1 aliphatic rings. The maximum absolute atomic E-state index is 11.9. The molecule has 1 saturated carbocycles. The number of carboxylic acids is 1. The van der Waals surface area contributed by atoms with Crippen LogP contribution in [0.4, 0.5) is 4.79 Å². The monoisotopic (exact) mass is 298 g/mol.